The molecule has 1 aromatic heterocycles. The maximum absolute atomic E-state index is 6.18. The van der Waals surface area contributed by atoms with Gasteiger partial charge in [-0.25, -0.2) is 4.98 Å². The zero-order valence-electron chi connectivity index (χ0n) is 10.1. The fourth-order valence-corrected chi connectivity index (χ4v) is 2.65. The summed E-state index contributed by atoms with van der Waals surface area (Å²) >= 11 is 12.2. The van der Waals surface area contributed by atoms with Gasteiger partial charge in [0.25, 0.3) is 0 Å². The van der Waals surface area contributed by atoms with Gasteiger partial charge in [0.2, 0.25) is 0 Å². The lowest BCUT2D eigenvalue weighted by molar-refractivity contribution is 0.321. The van der Waals surface area contributed by atoms with Gasteiger partial charge in [-0.3, -0.25) is 0 Å². The first kappa shape index (κ1) is 12.8. The predicted molar refractivity (Wildman–Crippen MR) is 74.4 cm³/mol. The van der Waals surface area contributed by atoms with Gasteiger partial charge in [0, 0.05) is 20.6 Å². The van der Waals surface area contributed by atoms with Crippen LogP contribution in [-0.4, -0.2) is 25.6 Å². The lowest BCUT2D eigenvalue weighted by Gasteiger charge is -2.31. The molecule has 1 aliphatic rings. The van der Waals surface area contributed by atoms with Gasteiger partial charge in [-0.15, -0.1) is 0 Å². The third-order valence-corrected chi connectivity index (χ3v) is 3.83. The summed E-state index contributed by atoms with van der Waals surface area (Å²) in [5.41, 5.74) is 0. The van der Waals surface area contributed by atoms with Crippen LogP contribution in [0.4, 0.5) is 11.6 Å². The zero-order chi connectivity index (χ0) is 12.4. The second kappa shape index (κ2) is 5.32. The number of pyridine rings is 1. The molecular weight excluding hydrogens is 257 g/mol. The normalized spacial score (nSPS) is 15.5. The van der Waals surface area contributed by atoms with Gasteiger partial charge in [-0.1, -0.05) is 29.6 Å². The molecule has 17 heavy (non-hydrogen) atoms. The van der Waals surface area contributed by atoms with E-state index in [2.05, 4.69) is 15.2 Å². The van der Waals surface area contributed by atoms with Crippen molar-refractivity contribution in [1.29, 1.82) is 0 Å². The minimum absolute atomic E-state index is 0.554. The van der Waals surface area contributed by atoms with E-state index in [1.54, 1.807) is 13.1 Å². The lowest BCUT2D eigenvalue weighted by atomic mass is 9.85. The molecule has 1 N–H and O–H groups in total. The second-order valence-corrected chi connectivity index (χ2v) is 5.37. The highest BCUT2D eigenvalue weighted by atomic mass is 35.5. The molecule has 0 saturated heterocycles. The van der Waals surface area contributed by atoms with E-state index >= 15 is 0 Å². The van der Waals surface area contributed by atoms with Crippen molar-refractivity contribution in [3.05, 3.63) is 16.1 Å². The average molecular weight is 274 g/mol. The molecule has 0 spiro atoms. The summed E-state index contributed by atoms with van der Waals surface area (Å²) in [6.45, 7) is 1.01. The quantitative estimate of drug-likeness (QED) is 0.908. The molecule has 1 aliphatic carbocycles. The van der Waals surface area contributed by atoms with E-state index in [0.29, 0.717) is 15.9 Å². The molecular formula is C12H17Cl2N3. The SMILES string of the molecule is CNc1nc(N(C)CC2CCC2)c(Cl)cc1Cl. The molecule has 3 nitrogen and oxygen atoms in total. The van der Waals surface area contributed by atoms with Crippen molar-refractivity contribution in [3.8, 4) is 0 Å². The average Bonchev–Trinajstić information content (AvgIpc) is 2.23. The molecule has 2 rings (SSSR count). The molecule has 0 amide bonds. The number of hydrogen-bond donors (Lipinski definition) is 1. The molecule has 0 unspecified atom stereocenters. The van der Waals surface area contributed by atoms with Gasteiger partial charge in [-0.2, -0.15) is 0 Å². The molecule has 1 saturated carbocycles. The first-order chi connectivity index (χ1) is 8.11. The van der Waals surface area contributed by atoms with E-state index in [9.17, 15) is 0 Å². The number of rotatable bonds is 4. The second-order valence-electron chi connectivity index (χ2n) is 4.55. The Hall–Kier alpha value is -0.670. The van der Waals surface area contributed by atoms with Crippen molar-refractivity contribution in [2.75, 3.05) is 30.9 Å². The van der Waals surface area contributed by atoms with Gasteiger partial charge in [-0.05, 0) is 24.8 Å². The van der Waals surface area contributed by atoms with E-state index in [4.69, 9.17) is 23.2 Å². The number of hydrogen-bond acceptors (Lipinski definition) is 3. The molecule has 0 aromatic carbocycles. The summed E-state index contributed by atoms with van der Waals surface area (Å²) < 4.78 is 0. The minimum Gasteiger partial charge on any atom is -0.372 e. The third kappa shape index (κ3) is 2.78. The Morgan fingerprint density at radius 1 is 1.41 bits per heavy atom. The van der Waals surface area contributed by atoms with Crippen LogP contribution in [-0.2, 0) is 0 Å². The van der Waals surface area contributed by atoms with Crippen LogP contribution in [0.1, 0.15) is 19.3 Å². The first-order valence-corrected chi connectivity index (χ1v) is 6.62. The molecule has 1 fully saturated rings. The number of halogens is 2. The highest BCUT2D eigenvalue weighted by Crippen LogP contribution is 2.33. The van der Waals surface area contributed by atoms with E-state index in [1.807, 2.05) is 7.05 Å². The Bertz CT molecular complexity index is 405. The Kier molecular flexibility index (Phi) is 4.00. The van der Waals surface area contributed by atoms with Crippen molar-refractivity contribution in [1.82, 2.24) is 4.98 Å². The molecule has 0 aliphatic heterocycles. The summed E-state index contributed by atoms with van der Waals surface area (Å²) in [5.74, 6) is 2.26. The Labute approximate surface area is 112 Å². The van der Waals surface area contributed by atoms with Crippen LogP contribution >= 0.6 is 23.2 Å². The molecule has 5 heteroatoms. The topological polar surface area (TPSA) is 28.2 Å². The van der Waals surface area contributed by atoms with E-state index < -0.39 is 0 Å². The number of nitrogens with one attached hydrogen (secondary N) is 1. The summed E-state index contributed by atoms with van der Waals surface area (Å²) in [6, 6.07) is 1.74. The van der Waals surface area contributed by atoms with Crippen molar-refractivity contribution in [2.45, 2.75) is 19.3 Å². The Balaban J connectivity index is 2.17. The molecule has 0 radical (unpaired) electrons. The number of anilines is 2. The molecule has 1 aromatic rings. The van der Waals surface area contributed by atoms with Gasteiger partial charge in [0.15, 0.2) is 0 Å². The molecule has 94 valence electrons. The fraction of sp³-hybridized carbons (Fsp3) is 0.583. The van der Waals surface area contributed by atoms with Crippen LogP contribution in [0.5, 0.6) is 0 Å². The number of aromatic nitrogens is 1. The highest BCUT2D eigenvalue weighted by molar-refractivity contribution is 6.37. The van der Waals surface area contributed by atoms with Crippen molar-refractivity contribution < 1.29 is 0 Å². The zero-order valence-corrected chi connectivity index (χ0v) is 11.6. The smallest absolute Gasteiger partial charge is 0.149 e. The highest BCUT2D eigenvalue weighted by Gasteiger charge is 2.21. The van der Waals surface area contributed by atoms with E-state index in [-0.39, 0.29) is 0 Å². The fourth-order valence-electron chi connectivity index (χ4n) is 2.05. The van der Waals surface area contributed by atoms with Gasteiger partial charge >= 0.3 is 0 Å². The van der Waals surface area contributed by atoms with Gasteiger partial charge < -0.3 is 10.2 Å². The predicted octanol–water partition coefficient (Wildman–Crippen LogP) is 3.67. The van der Waals surface area contributed by atoms with Crippen LogP contribution in [0, 0.1) is 5.92 Å². The first-order valence-electron chi connectivity index (χ1n) is 5.86. The van der Waals surface area contributed by atoms with Crippen LogP contribution in [0.25, 0.3) is 0 Å². The van der Waals surface area contributed by atoms with Crippen LogP contribution in [0.2, 0.25) is 10.0 Å². The van der Waals surface area contributed by atoms with Crippen molar-refractivity contribution >= 4 is 34.8 Å². The summed E-state index contributed by atoms with van der Waals surface area (Å²) in [5, 5.41) is 4.13. The van der Waals surface area contributed by atoms with E-state index in [0.717, 1.165) is 18.3 Å². The molecule has 0 bridgehead atoms. The number of nitrogens with zero attached hydrogens (tertiary/aromatic N) is 2. The van der Waals surface area contributed by atoms with Crippen molar-refractivity contribution in [2.24, 2.45) is 5.92 Å². The van der Waals surface area contributed by atoms with Crippen molar-refractivity contribution in [3.63, 3.8) is 0 Å². The van der Waals surface area contributed by atoms with Gasteiger partial charge in [0.1, 0.15) is 11.6 Å². The van der Waals surface area contributed by atoms with E-state index in [1.165, 1.54) is 19.3 Å². The molecule has 1 heterocycles. The summed E-state index contributed by atoms with van der Waals surface area (Å²) in [7, 11) is 3.83. The Morgan fingerprint density at radius 3 is 2.65 bits per heavy atom. The van der Waals surface area contributed by atoms with Crippen LogP contribution < -0.4 is 10.2 Å². The summed E-state index contributed by atoms with van der Waals surface area (Å²) in [6.07, 6.45) is 3.98. The van der Waals surface area contributed by atoms with Gasteiger partial charge in [0.05, 0.1) is 10.0 Å². The Morgan fingerprint density at radius 2 is 2.12 bits per heavy atom. The summed E-state index contributed by atoms with van der Waals surface area (Å²) in [4.78, 5) is 6.57. The largest absolute Gasteiger partial charge is 0.372 e. The van der Waals surface area contributed by atoms with Crippen LogP contribution in [0.15, 0.2) is 6.07 Å². The molecule has 0 atom stereocenters. The lowest BCUT2D eigenvalue weighted by Crippen LogP contribution is -2.30. The monoisotopic (exact) mass is 273 g/mol. The van der Waals surface area contributed by atoms with Crippen LogP contribution in [0.3, 0.4) is 0 Å². The maximum atomic E-state index is 6.18. The third-order valence-electron chi connectivity index (χ3n) is 3.27. The maximum Gasteiger partial charge on any atom is 0.149 e. The standard InChI is InChI=1S/C12H17Cl2N3/c1-15-11-9(13)6-10(14)12(16-11)17(2)7-8-4-3-5-8/h6,8H,3-5,7H2,1-2H3,(H,15,16). The minimum atomic E-state index is 0.554.